The Morgan fingerprint density at radius 1 is 1.32 bits per heavy atom. The van der Waals surface area contributed by atoms with Crippen LogP contribution in [0.15, 0.2) is 22.7 Å². The van der Waals surface area contributed by atoms with E-state index in [-0.39, 0.29) is 6.04 Å². The first-order valence-corrected chi connectivity index (χ1v) is 8.46. The van der Waals surface area contributed by atoms with Crippen LogP contribution in [0.2, 0.25) is 5.02 Å². The van der Waals surface area contributed by atoms with Crippen LogP contribution in [0.5, 0.6) is 0 Å². The molecule has 0 bridgehead atoms. The minimum absolute atomic E-state index is 0.247. The monoisotopic (exact) mass is 343 g/mol. The average Bonchev–Trinajstić information content (AvgIpc) is 2.42. The van der Waals surface area contributed by atoms with Crippen molar-refractivity contribution in [1.29, 1.82) is 0 Å². The summed E-state index contributed by atoms with van der Waals surface area (Å²) in [6.45, 7) is 2.30. The fourth-order valence-corrected chi connectivity index (χ4v) is 3.88. The maximum absolute atomic E-state index is 6.40. The van der Waals surface area contributed by atoms with Gasteiger partial charge in [-0.25, -0.2) is 0 Å². The van der Waals surface area contributed by atoms with Gasteiger partial charge in [0.2, 0.25) is 0 Å². The molecule has 2 rings (SSSR count). The van der Waals surface area contributed by atoms with Crippen molar-refractivity contribution in [2.45, 2.75) is 51.5 Å². The normalized spacial score (nSPS) is 25.3. The molecule has 0 amide bonds. The Bertz CT molecular complexity index is 413. The molecule has 106 valence electrons. The van der Waals surface area contributed by atoms with E-state index in [2.05, 4.69) is 28.9 Å². The average molecular weight is 345 g/mol. The molecule has 0 heterocycles. The lowest BCUT2D eigenvalue weighted by Gasteiger charge is -2.32. The summed E-state index contributed by atoms with van der Waals surface area (Å²) in [5, 5.41) is 0.826. The topological polar surface area (TPSA) is 26.0 Å². The van der Waals surface area contributed by atoms with Gasteiger partial charge in [0.25, 0.3) is 0 Å². The zero-order valence-electron chi connectivity index (χ0n) is 11.5. The Hall–Kier alpha value is -0.0500. The maximum atomic E-state index is 6.40. The van der Waals surface area contributed by atoms with Crippen LogP contribution in [-0.2, 0) is 6.42 Å². The zero-order valence-corrected chi connectivity index (χ0v) is 13.9. The maximum Gasteiger partial charge on any atom is 0.0449 e. The summed E-state index contributed by atoms with van der Waals surface area (Å²) < 4.78 is 1.03. The third-order valence-electron chi connectivity index (χ3n) is 4.54. The van der Waals surface area contributed by atoms with Crippen molar-refractivity contribution in [2.24, 2.45) is 17.6 Å². The van der Waals surface area contributed by atoms with E-state index in [4.69, 9.17) is 17.3 Å². The number of halogens is 2. The quantitative estimate of drug-likeness (QED) is 0.799. The Morgan fingerprint density at radius 2 is 2.00 bits per heavy atom. The van der Waals surface area contributed by atoms with Crippen molar-refractivity contribution in [1.82, 2.24) is 0 Å². The highest BCUT2D eigenvalue weighted by atomic mass is 79.9. The molecule has 19 heavy (non-hydrogen) atoms. The van der Waals surface area contributed by atoms with Gasteiger partial charge in [0.1, 0.15) is 0 Å². The molecule has 1 aliphatic carbocycles. The first kappa shape index (κ1) is 15.3. The van der Waals surface area contributed by atoms with Gasteiger partial charge in [-0.2, -0.15) is 0 Å². The van der Waals surface area contributed by atoms with Crippen LogP contribution < -0.4 is 5.73 Å². The molecule has 1 aliphatic rings. The van der Waals surface area contributed by atoms with E-state index in [0.29, 0.717) is 5.92 Å². The molecule has 0 spiro atoms. The Morgan fingerprint density at radius 3 is 2.58 bits per heavy atom. The number of benzene rings is 1. The second kappa shape index (κ2) is 7.10. The lowest BCUT2D eigenvalue weighted by molar-refractivity contribution is 0.238. The van der Waals surface area contributed by atoms with Crippen molar-refractivity contribution < 1.29 is 0 Å². The van der Waals surface area contributed by atoms with Gasteiger partial charge < -0.3 is 5.73 Å². The second-order valence-corrected chi connectivity index (χ2v) is 7.12. The van der Waals surface area contributed by atoms with Gasteiger partial charge in [0.05, 0.1) is 0 Å². The van der Waals surface area contributed by atoms with Crippen LogP contribution >= 0.6 is 27.5 Å². The van der Waals surface area contributed by atoms with E-state index in [0.717, 1.165) is 21.8 Å². The molecule has 1 unspecified atom stereocenters. The van der Waals surface area contributed by atoms with Gasteiger partial charge in [0.15, 0.2) is 0 Å². The molecule has 1 atom stereocenters. The van der Waals surface area contributed by atoms with Gasteiger partial charge in [-0.3, -0.25) is 0 Å². The lowest BCUT2D eigenvalue weighted by atomic mass is 9.76. The van der Waals surface area contributed by atoms with Crippen molar-refractivity contribution in [3.05, 3.63) is 33.3 Å². The number of nitrogens with two attached hydrogens (primary N) is 1. The Balaban J connectivity index is 1.92. The second-order valence-electron chi connectivity index (χ2n) is 5.79. The fraction of sp³-hybridized carbons (Fsp3) is 0.625. The molecule has 0 aromatic heterocycles. The van der Waals surface area contributed by atoms with E-state index < -0.39 is 0 Å². The summed E-state index contributed by atoms with van der Waals surface area (Å²) >= 11 is 9.71. The number of rotatable bonds is 4. The first-order chi connectivity index (χ1) is 9.10. The fourth-order valence-electron chi connectivity index (χ4n) is 3.13. The van der Waals surface area contributed by atoms with Crippen molar-refractivity contribution in [3.63, 3.8) is 0 Å². The standard InChI is InChI=1S/C16H23BrClN/c1-2-11-3-5-12(6-4-11)16(19)9-13-7-8-14(17)10-15(13)18/h7-8,10-12,16H,2-6,9,19H2,1H3. The Labute approximate surface area is 130 Å². The molecular formula is C16H23BrClN. The molecule has 1 saturated carbocycles. The van der Waals surface area contributed by atoms with E-state index in [1.54, 1.807) is 0 Å². The molecule has 0 saturated heterocycles. The van der Waals surface area contributed by atoms with Gasteiger partial charge in [-0.1, -0.05) is 59.8 Å². The summed E-state index contributed by atoms with van der Waals surface area (Å²) in [4.78, 5) is 0. The van der Waals surface area contributed by atoms with Crippen molar-refractivity contribution in [2.75, 3.05) is 0 Å². The highest BCUT2D eigenvalue weighted by molar-refractivity contribution is 9.10. The van der Waals surface area contributed by atoms with Crippen molar-refractivity contribution in [3.8, 4) is 0 Å². The smallest absolute Gasteiger partial charge is 0.0449 e. The van der Waals surface area contributed by atoms with Crippen LogP contribution in [-0.4, -0.2) is 6.04 Å². The minimum atomic E-state index is 0.247. The molecule has 1 nitrogen and oxygen atoms in total. The summed E-state index contributed by atoms with van der Waals surface area (Å²) in [6.07, 6.45) is 7.49. The molecule has 1 aromatic carbocycles. The highest BCUT2D eigenvalue weighted by Gasteiger charge is 2.25. The summed E-state index contributed by atoms with van der Waals surface area (Å²) in [5.74, 6) is 1.60. The molecule has 3 heteroatoms. The third kappa shape index (κ3) is 4.21. The Kier molecular flexibility index (Phi) is 5.73. The van der Waals surface area contributed by atoms with Gasteiger partial charge in [-0.15, -0.1) is 0 Å². The molecule has 1 aromatic rings. The van der Waals surface area contributed by atoms with E-state index in [1.807, 2.05) is 12.1 Å². The van der Waals surface area contributed by atoms with Crippen LogP contribution in [0, 0.1) is 11.8 Å². The van der Waals surface area contributed by atoms with Gasteiger partial charge in [-0.05, 0) is 48.8 Å². The van der Waals surface area contributed by atoms with Gasteiger partial charge in [0, 0.05) is 15.5 Å². The molecule has 0 aliphatic heterocycles. The number of hydrogen-bond donors (Lipinski definition) is 1. The predicted molar refractivity (Wildman–Crippen MR) is 86.6 cm³/mol. The summed E-state index contributed by atoms with van der Waals surface area (Å²) in [6, 6.07) is 6.33. The van der Waals surface area contributed by atoms with Crippen LogP contribution in [0.25, 0.3) is 0 Å². The lowest BCUT2D eigenvalue weighted by Crippen LogP contribution is -2.35. The van der Waals surface area contributed by atoms with Gasteiger partial charge >= 0.3 is 0 Å². The number of hydrogen-bond acceptors (Lipinski definition) is 1. The summed E-state index contributed by atoms with van der Waals surface area (Å²) in [7, 11) is 0. The summed E-state index contributed by atoms with van der Waals surface area (Å²) in [5.41, 5.74) is 7.58. The van der Waals surface area contributed by atoms with Crippen LogP contribution in [0.1, 0.15) is 44.6 Å². The highest BCUT2D eigenvalue weighted by Crippen LogP contribution is 2.33. The SMILES string of the molecule is CCC1CCC(C(N)Cc2ccc(Br)cc2Cl)CC1. The minimum Gasteiger partial charge on any atom is -0.327 e. The molecule has 2 N–H and O–H groups in total. The van der Waals surface area contributed by atoms with Crippen LogP contribution in [0.4, 0.5) is 0 Å². The molecule has 0 radical (unpaired) electrons. The van der Waals surface area contributed by atoms with E-state index in [9.17, 15) is 0 Å². The largest absolute Gasteiger partial charge is 0.327 e. The molecular weight excluding hydrogens is 322 g/mol. The molecule has 1 fully saturated rings. The predicted octanol–water partition coefficient (Wildman–Crippen LogP) is 5.19. The van der Waals surface area contributed by atoms with Crippen molar-refractivity contribution >= 4 is 27.5 Å². The third-order valence-corrected chi connectivity index (χ3v) is 5.39. The van der Waals surface area contributed by atoms with E-state index in [1.165, 1.54) is 37.7 Å². The zero-order chi connectivity index (χ0) is 13.8. The van der Waals surface area contributed by atoms with E-state index >= 15 is 0 Å². The first-order valence-electron chi connectivity index (χ1n) is 7.29. The van der Waals surface area contributed by atoms with Crippen LogP contribution in [0.3, 0.4) is 0 Å².